The summed E-state index contributed by atoms with van der Waals surface area (Å²) in [6.45, 7) is 2.13. The summed E-state index contributed by atoms with van der Waals surface area (Å²) < 4.78 is 20.8. The Morgan fingerprint density at radius 2 is 2.08 bits per heavy atom. The van der Waals surface area contributed by atoms with E-state index in [1.54, 1.807) is 35.0 Å². The number of likely N-dealkylation sites (tertiary alicyclic amines) is 1. The summed E-state index contributed by atoms with van der Waals surface area (Å²) >= 11 is 0. The van der Waals surface area contributed by atoms with Gasteiger partial charge in [-0.15, -0.1) is 0 Å². The summed E-state index contributed by atoms with van der Waals surface area (Å²) in [5, 5.41) is 11.2. The molecule has 3 aromatic heterocycles. The lowest BCUT2D eigenvalue weighted by molar-refractivity contribution is -0.134. The second kappa shape index (κ2) is 9.56. The molecule has 2 amide bonds. The van der Waals surface area contributed by atoms with Crippen molar-refractivity contribution in [1.29, 1.82) is 0 Å². The van der Waals surface area contributed by atoms with Gasteiger partial charge in [-0.25, -0.2) is 14.4 Å². The fourth-order valence-electron chi connectivity index (χ4n) is 4.23. The van der Waals surface area contributed by atoms with Crippen LogP contribution in [0.4, 0.5) is 15.9 Å². The Morgan fingerprint density at radius 3 is 2.81 bits per heavy atom. The van der Waals surface area contributed by atoms with Crippen LogP contribution in [0.15, 0.2) is 53.4 Å². The highest BCUT2D eigenvalue weighted by Gasteiger charge is 2.32. The molecular weight excluding hydrogens is 467 g/mol. The van der Waals surface area contributed by atoms with Gasteiger partial charge in [0.2, 0.25) is 11.8 Å². The molecular formula is C24H23FN8O3. The number of nitrogens with two attached hydrogens (primary N) is 1. The molecule has 0 saturated carbocycles. The molecule has 0 spiro atoms. The van der Waals surface area contributed by atoms with E-state index in [-0.39, 0.29) is 41.5 Å². The van der Waals surface area contributed by atoms with Gasteiger partial charge in [0.25, 0.3) is 0 Å². The molecule has 184 valence electrons. The van der Waals surface area contributed by atoms with Gasteiger partial charge in [0.15, 0.2) is 11.6 Å². The zero-order chi connectivity index (χ0) is 25.2. The van der Waals surface area contributed by atoms with Crippen LogP contribution in [0.1, 0.15) is 25.3 Å². The second-order valence-electron chi connectivity index (χ2n) is 8.40. The van der Waals surface area contributed by atoms with Gasteiger partial charge in [-0.1, -0.05) is 23.4 Å². The first kappa shape index (κ1) is 23.1. The first-order valence-corrected chi connectivity index (χ1v) is 11.3. The number of nitrogens with zero attached hydrogens (tertiary/aromatic N) is 6. The number of hydrogen-bond acceptors (Lipinski definition) is 8. The molecule has 5 rings (SSSR count). The molecule has 3 N–H and O–H groups in total. The molecule has 11 nitrogen and oxygen atoms in total. The molecule has 1 aromatic carbocycles. The number of nitrogens with one attached hydrogen (secondary N) is 1. The lowest BCUT2D eigenvalue weighted by Gasteiger charge is -2.22. The highest BCUT2D eigenvalue weighted by atomic mass is 19.1. The molecule has 4 heterocycles. The van der Waals surface area contributed by atoms with Gasteiger partial charge in [0, 0.05) is 25.1 Å². The van der Waals surface area contributed by atoms with E-state index in [2.05, 4.69) is 25.5 Å². The molecule has 1 atom stereocenters. The van der Waals surface area contributed by atoms with Gasteiger partial charge in [0.05, 0.1) is 18.4 Å². The monoisotopic (exact) mass is 490 g/mol. The third-order valence-corrected chi connectivity index (χ3v) is 6.02. The molecule has 1 aliphatic heterocycles. The zero-order valence-electron chi connectivity index (χ0n) is 19.4. The molecule has 0 unspecified atom stereocenters. The lowest BCUT2D eigenvalue weighted by atomic mass is 10.2. The first-order chi connectivity index (χ1) is 17.4. The predicted molar refractivity (Wildman–Crippen MR) is 128 cm³/mol. The number of halogens is 1. The predicted octanol–water partition coefficient (Wildman–Crippen LogP) is 2.71. The van der Waals surface area contributed by atoms with Crippen LogP contribution in [-0.4, -0.2) is 54.2 Å². The van der Waals surface area contributed by atoms with Gasteiger partial charge in [-0.2, -0.15) is 5.10 Å². The molecule has 36 heavy (non-hydrogen) atoms. The largest absolute Gasteiger partial charge is 0.382 e. The molecule has 1 aliphatic rings. The summed E-state index contributed by atoms with van der Waals surface area (Å²) in [5.74, 6) is -0.581. The molecule has 4 aromatic rings. The normalized spacial score (nSPS) is 15.3. The van der Waals surface area contributed by atoms with E-state index in [0.717, 1.165) is 6.42 Å². The Kier molecular flexibility index (Phi) is 6.15. The van der Waals surface area contributed by atoms with Crippen LogP contribution in [0.5, 0.6) is 0 Å². The van der Waals surface area contributed by atoms with Gasteiger partial charge in [0.1, 0.15) is 35.2 Å². The lowest BCUT2D eigenvalue weighted by Crippen LogP contribution is -2.42. The number of carbonyl (C=O) groups excluding carboxylic acids is 2. The minimum atomic E-state index is -0.555. The fourth-order valence-corrected chi connectivity index (χ4v) is 4.23. The summed E-state index contributed by atoms with van der Waals surface area (Å²) in [6.07, 6.45) is 4.16. The van der Waals surface area contributed by atoms with E-state index in [9.17, 15) is 14.0 Å². The molecule has 1 fully saturated rings. The summed E-state index contributed by atoms with van der Waals surface area (Å²) in [5.41, 5.74) is 8.27. The Morgan fingerprint density at radius 1 is 1.25 bits per heavy atom. The van der Waals surface area contributed by atoms with Crippen LogP contribution < -0.4 is 11.1 Å². The Balaban J connectivity index is 1.42. The van der Waals surface area contributed by atoms with Crippen LogP contribution in [0.25, 0.3) is 22.9 Å². The van der Waals surface area contributed by atoms with E-state index >= 15 is 0 Å². The number of nitrogen functional groups attached to an aromatic ring is 1. The van der Waals surface area contributed by atoms with Crippen molar-refractivity contribution in [3.63, 3.8) is 0 Å². The molecule has 0 bridgehead atoms. The highest BCUT2D eigenvalue weighted by molar-refractivity contribution is 5.98. The van der Waals surface area contributed by atoms with E-state index in [1.807, 2.05) is 0 Å². The SMILES string of the molecule is CC(=O)N1CCC[C@H]1C(=O)Nc1cnc(-c2cc(-c3ccon3)n(Cc3ccccc3F)n2)nc1N. The number of anilines is 2. The van der Waals surface area contributed by atoms with Crippen molar-refractivity contribution in [1.82, 2.24) is 29.8 Å². The minimum Gasteiger partial charge on any atom is -0.382 e. The van der Waals surface area contributed by atoms with Crippen molar-refractivity contribution in [3.05, 3.63) is 60.2 Å². The third kappa shape index (κ3) is 4.52. The molecule has 0 radical (unpaired) electrons. The van der Waals surface area contributed by atoms with Crippen molar-refractivity contribution in [3.8, 4) is 22.9 Å². The number of hydrogen-bond donors (Lipinski definition) is 2. The van der Waals surface area contributed by atoms with Gasteiger partial charge < -0.3 is 20.5 Å². The number of benzene rings is 1. The minimum absolute atomic E-state index is 0.0485. The Labute approximate surface area is 205 Å². The van der Waals surface area contributed by atoms with E-state index in [4.69, 9.17) is 10.3 Å². The van der Waals surface area contributed by atoms with Crippen molar-refractivity contribution < 1.29 is 18.5 Å². The molecule has 1 saturated heterocycles. The quantitative estimate of drug-likeness (QED) is 0.420. The smallest absolute Gasteiger partial charge is 0.247 e. The molecule has 12 heteroatoms. The summed E-state index contributed by atoms with van der Waals surface area (Å²) in [6, 6.07) is 9.24. The Bertz CT molecular complexity index is 1420. The van der Waals surface area contributed by atoms with Crippen LogP contribution >= 0.6 is 0 Å². The molecule has 0 aliphatic carbocycles. The van der Waals surface area contributed by atoms with E-state index < -0.39 is 6.04 Å². The summed E-state index contributed by atoms with van der Waals surface area (Å²) in [7, 11) is 0. The topological polar surface area (TPSA) is 145 Å². The van der Waals surface area contributed by atoms with Gasteiger partial charge in [-0.05, 0) is 25.0 Å². The summed E-state index contributed by atoms with van der Waals surface area (Å²) in [4.78, 5) is 34.7. The zero-order valence-corrected chi connectivity index (χ0v) is 19.4. The number of amides is 2. The van der Waals surface area contributed by atoms with Crippen LogP contribution in [0.3, 0.4) is 0 Å². The van der Waals surface area contributed by atoms with Crippen molar-refractivity contribution in [2.24, 2.45) is 0 Å². The number of rotatable bonds is 6. The Hall–Kier alpha value is -4.61. The maximum absolute atomic E-state index is 14.3. The van der Waals surface area contributed by atoms with Gasteiger partial charge in [-0.3, -0.25) is 14.3 Å². The highest BCUT2D eigenvalue weighted by Crippen LogP contribution is 2.27. The first-order valence-electron chi connectivity index (χ1n) is 11.3. The van der Waals surface area contributed by atoms with Crippen molar-refractivity contribution in [2.45, 2.75) is 32.4 Å². The maximum atomic E-state index is 14.3. The third-order valence-electron chi connectivity index (χ3n) is 6.02. The average Bonchev–Trinajstić information content (AvgIpc) is 3.62. The van der Waals surface area contributed by atoms with Crippen LogP contribution in [-0.2, 0) is 16.1 Å². The van der Waals surface area contributed by atoms with Crippen molar-refractivity contribution in [2.75, 3.05) is 17.6 Å². The van der Waals surface area contributed by atoms with Crippen molar-refractivity contribution >= 4 is 23.3 Å². The average molecular weight is 490 g/mol. The van der Waals surface area contributed by atoms with Crippen LogP contribution in [0, 0.1) is 5.82 Å². The number of aromatic nitrogens is 5. The second-order valence-corrected chi connectivity index (χ2v) is 8.40. The maximum Gasteiger partial charge on any atom is 0.247 e. The standard InChI is InChI=1S/C24H23FN8O3/c1-14(34)32-9-4-7-20(32)24(35)28-19-12-27-23(29-22(19)26)18-11-21(17-8-10-36-31-17)33(30-18)13-15-5-2-3-6-16(15)25/h2-3,5-6,8,10-12,20H,4,7,9,13H2,1H3,(H,28,35)(H2,26,27,29)/t20-/m0/s1. The van der Waals surface area contributed by atoms with E-state index in [0.29, 0.717) is 35.6 Å². The fraction of sp³-hybridized carbons (Fsp3) is 0.250. The van der Waals surface area contributed by atoms with Gasteiger partial charge >= 0.3 is 0 Å². The van der Waals surface area contributed by atoms with Crippen LogP contribution in [0.2, 0.25) is 0 Å². The van der Waals surface area contributed by atoms with E-state index in [1.165, 1.54) is 30.4 Å². The number of carbonyl (C=O) groups is 2.